The van der Waals surface area contributed by atoms with Crippen molar-refractivity contribution >= 4 is 16.6 Å². The van der Waals surface area contributed by atoms with Crippen LogP contribution in [0.25, 0.3) is 10.9 Å². The number of benzene rings is 1. The van der Waals surface area contributed by atoms with Crippen LogP contribution in [0.2, 0.25) is 0 Å². The molecule has 5 nitrogen and oxygen atoms in total. The van der Waals surface area contributed by atoms with Gasteiger partial charge < -0.3 is 10.4 Å². The predicted molar refractivity (Wildman–Crippen MR) is 69.0 cm³/mol. The van der Waals surface area contributed by atoms with E-state index >= 15 is 0 Å². The van der Waals surface area contributed by atoms with Crippen molar-refractivity contribution in [2.75, 3.05) is 11.9 Å². The Morgan fingerprint density at radius 2 is 2.06 bits per heavy atom. The van der Waals surface area contributed by atoms with E-state index < -0.39 is 5.60 Å². The summed E-state index contributed by atoms with van der Waals surface area (Å²) >= 11 is 0. The summed E-state index contributed by atoms with van der Waals surface area (Å²) in [6.45, 7) is 3.73. The van der Waals surface area contributed by atoms with Gasteiger partial charge in [-0.3, -0.25) is 0 Å². The second-order valence-corrected chi connectivity index (χ2v) is 4.72. The molecule has 0 radical (unpaired) electrons. The number of aromatic nitrogens is 2. The van der Waals surface area contributed by atoms with Gasteiger partial charge in [0.15, 0.2) is 5.69 Å². The van der Waals surface area contributed by atoms with Gasteiger partial charge in [0.05, 0.1) is 16.8 Å². The van der Waals surface area contributed by atoms with Crippen molar-refractivity contribution in [3.05, 3.63) is 30.0 Å². The van der Waals surface area contributed by atoms with Crippen LogP contribution in [0.5, 0.6) is 0 Å². The Morgan fingerprint density at radius 1 is 1.33 bits per heavy atom. The summed E-state index contributed by atoms with van der Waals surface area (Å²) in [5.41, 5.74) is 0.704. The lowest BCUT2D eigenvalue weighted by atomic mass is 10.1. The molecule has 0 aliphatic carbocycles. The lowest BCUT2D eigenvalue weighted by Gasteiger charge is -2.19. The molecule has 0 amide bonds. The van der Waals surface area contributed by atoms with E-state index in [1.165, 1.54) is 0 Å². The Morgan fingerprint density at radius 3 is 2.72 bits per heavy atom. The fourth-order valence-corrected chi connectivity index (χ4v) is 1.62. The molecule has 0 unspecified atom stereocenters. The Hall–Kier alpha value is -2.19. The number of hydrogen-bond acceptors (Lipinski definition) is 5. The molecule has 92 valence electrons. The molecule has 0 aliphatic rings. The van der Waals surface area contributed by atoms with Gasteiger partial charge in [-0.2, -0.15) is 5.26 Å². The Balaban J connectivity index is 2.49. The molecular formula is C13H14N4O. The maximum absolute atomic E-state index is 9.73. The van der Waals surface area contributed by atoms with Crippen LogP contribution < -0.4 is 5.32 Å². The van der Waals surface area contributed by atoms with E-state index in [0.29, 0.717) is 12.2 Å². The monoisotopic (exact) mass is 242 g/mol. The fraction of sp³-hybridized carbons (Fsp3) is 0.308. The molecule has 1 aromatic heterocycles. The number of aliphatic hydroxyl groups is 1. The third kappa shape index (κ3) is 2.55. The van der Waals surface area contributed by atoms with Gasteiger partial charge in [0, 0.05) is 11.9 Å². The van der Waals surface area contributed by atoms with E-state index in [4.69, 9.17) is 5.26 Å². The smallest absolute Gasteiger partial charge is 0.186 e. The molecule has 0 aliphatic heterocycles. The molecule has 0 bridgehead atoms. The van der Waals surface area contributed by atoms with Gasteiger partial charge in [-0.1, -0.05) is 18.2 Å². The van der Waals surface area contributed by atoms with E-state index in [1.54, 1.807) is 13.8 Å². The van der Waals surface area contributed by atoms with Crippen LogP contribution in [0.15, 0.2) is 24.3 Å². The lowest BCUT2D eigenvalue weighted by molar-refractivity contribution is 0.0945. The fourth-order valence-electron chi connectivity index (χ4n) is 1.62. The van der Waals surface area contributed by atoms with Crippen molar-refractivity contribution in [3.63, 3.8) is 0 Å². The topological polar surface area (TPSA) is 81.8 Å². The number of nitriles is 1. The summed E-state index contributed by atoms with van der Waals surface area (Å²) < 4.78 is 0. The van der Waals surface area contributed by atoms with E-state index in [2.05, 4.69) is 15.5 Å². The molecule has 0 spiro atoms. The number of nitrogens with one attached hydrogen (secondary N) is 1. The second-order valence-electron chi connectivity index (χ2n) is 4.72. The highest BCUT2D eigenvalue weighted by Gasteiger charge is 2.15. The summed E-state index contributed by atoms with van der Waals surface area (Å²) in [5, 5.41) is 30.5. The highest BCUT2D eigenvalue weighted by Crippen LogP contribution is 2.24. The average molecular weight is 242 g/mol. The van der Waals surface area contributed by atoms with Crippen molar-refractivity contribution < 1.29 is 5.11 Å². The standard InChI is InChI=1S/C13H14N4O/c1-13(2,18)8-15-12-9-5-3-4-6-10(9)16-17-11(12)7-14/h3-6,18H,8H2,1-2H3,(H,15,16). The van der Waals surface area contributed by atoms with Gasteiger partial charge in [-0.05, 0) is 19.9 Å². The van der Waals surface area contributed by atoms with Crippen LogP contribution in [0.4, 0.5) is 5.69 Å². The summed E-state index contributed by atoms with van der Waals surface area (Å²) in [6, 6.07) is 9.45. The molecule has 0 saturated heterocycles. The van der Waals surface area contributed by atoms with E-state index in [-0.39, 0.29) is 5.69 Å². The highest BCUT2D eigenvalue weighted by molar-refractivity contribution is 5.92. The molecule has 1 aromatic carbocycles. The quantitative estimate of drug-likeness (QED) is 0.855. The van der Waals surface area contributed by atoms with Crippen molar-refractivity contribution in [3.8, 4) is 6.07 Å². The van der Waals surface area contributed by atoms with Crippen LogP contribution in [-0.2, 0) is 0 Å². The molecule has 18 heavy (non-hydrogen) atoms. The first-order chi connectivity index (χ1) is 8.51. The zero-order valence-electron chi connectivity index (χ0n) is 10.3. The van der Waals surface area contributed by atoms with Crippen LogP contribution in [0.1, 0.15) is 19.5 Å². The zero-order chi connectivity index (χ0) is 13.2. The van der Waals surface area contributed by atoms with E-state index in [1.807, 2.05) is 30.3 Å². The third-order valence-corrected chi connectivity index (χ3v) is 2.47. The Kier molecular flexibility index (Phi) is 3.13. The van der Waals surface area contributed by atoms with E-state index in [0.717, 1.165) is 10.9 Å². The summed E-state index contributed by atoms with van der Waals surface area (Å²) in [6.07, 6.45) is 0. The van der Waals surface area contributed by atoms with Gasteiger partial charge in [-0.15, -0.1) is 10.2 Å². The van der Waals surface area contributed by atoms with Crippen molar-refractivity contribution in [1.82, 2.24) is 10.2 Å². The molecule has 2 aromatic rings. The average Bonchev–Trinajstić information content (AvgIpc) is 2.34. The van der Waals surface area contributed by atoms with Gasteiger partial charge in [0.25, 0.3) is 0 Å². The maximum atomic E-state index is 9.73. The first-order valence-corrected chi connectivity index (χ1v) is 5.63. The Bertz CT molecular complexity index is 610. The first-order valence-electron chi connectivity index (χ1n) is 5.63. The highest BCUT2D eigenvalue weighted by atomic mass is 16.3. The minimum Gasteiger partial charge on any atom is -0.389 e. The predicted octanol–water partition coefficient (Wildman–Crippen LogP) is 1.68. The molecule has 0 atom stereocenters. The molecule has 1 heterocycles. The minimum atomic E-state index is -0.864. The van der Waals surface area contributed by atoms with Crippen molar-refractivity contribution in [2.24, 2.45) is 0 Å². The molecule has 2 rings (SSSR count). The largest absolute Gasteiger partial charge is 0.389 e. The molecule has 5 heteroatoms. The second kappa shape index (κ2) is 4.59. The zero-order valence-corrected chi connectivity index (χ0v) is 10.3. The summed E-state index contributed by atoms with van der Waals surface area (Å²) in [7, 11) is 0. The van der Waals surface area contributed by atoms with Gasteiger partial charge in [-0.25, -0.2) is 0 Å². The molecule has 0 fully saturated rings. The summed E-state index contributed by atoms with van der Waals surface area (Å²) in [5.74, 6) is 0. The Labute approximate surface area is 105 Å². The minimum absolute atomic E-state index is 0.234. The van der Waals surface area contributed by atoms with Gasteiger partial charge >= 0.3 is 0 Å². The number of fused-ring (bicyclic) bond motifs is 1. The normalized spacial score (nSPS) is 11.2. The number of nitrogens with zero attached hydrogens (tertiary/aromatic N) is 3. The molecule has 0 saturated carbocycles. The number of anilines is 1. The van der Waals surface area contributed by atoms with Gasteiger partial charge in [0.2, 0.25) is 0 Å². The summed E-state index contributed by atoms with van der Waals surface area (Å²) in [4.78, 5) is 0. The number of hydrogen-bond donors (Lipinski definition) is 2. The van der Waals surface area contributed by atoms with Crippen molar-refractivity contribution in [1.29, 1.82) is 5.26 Å². The third-order valence-electron chi connectivity index (χ3n) is 2.47. The molecular weight excluding hydrogens is 228 g/mol. The van der Waals surface area contributed by atoms with Crippen molar-refractivity contribution in [2.45, 2.75) is 19.4 Å². The first kappa shape index (κ1) is 12.3. The SMILES string of the molecule is CC(C)(O)CNc1c(C#N)nnc2ccccc12. The number of rotatable bonds is 3. The molecule has 2 N–H and O–H groups in total. The van der Waals surface area contributed by atoms with Crippen LogP contribution in [0, 0.1) is 11.3 Å². The van der Waals surface area contributed by atoms with Gasteiger partial charge in [0.1, 0.15) is 6.07 Å². The van der Waals surface area contributed by atoms with Crippen LogP contribution >= 0.6 is 0 Å². The van der Waals surface area contributed by atoms with E-state index in [9.17, 15) is 5.11 Å². The van der Waals surface area contributed by atoms with Crippen LogP contribution in [0.3, 0.4) is 0 Å². The van der Waals surface area contributed by atoms with Crippen LogP contribution in [-0.4, -0.2) is 27.4 Å². The maximum Gasteiger partial charge on any atom is 0.186 e. The lowest BCUT2D eigenvalue weighted by Crippen LogP contribution is -2.29.